The van der Waals surface area contributed by atoms with Crippen LogP contribution in [0.2, 0.25) is 0 Å². The third kappa shape index (κ3) is 9.77. The van der Waals surface area contributed by atoms with E-state index in [1.54, 1.807) is 17.0 Å². The Balaban J connectivity index is 1.29. The maximum absolute atomic E-state index is 14.6. The molecule has 0 spiro atoms. The molecule has 3 aromatic heterocycles. The molecule has 3 N–H and O–H groups in total. The number of aromatic carboxylic acids is 1. The van der Waals surface area contributed by atoms with Crippen molar-refractivity contribution in [3.63, 3.8) is 0 Å². The van der Waals surface area contributed by atoms with Crippen LogP contribution in [0.25, 0.3) is 10.2 Å². The summed E-state index contributed by atoms with van der Waals surface area (Å²) in [5, 5.41) is 23.0. The third-order valence-corrected chi connectivity index (χ3v) is 9.68. The predicted molar refractivity (Wildman–Crippen MR) is 192 cm³/mol. The molecule has 5 rings (SSSR count). The summed E-state index contributed by atoms with van der Waals surface area (Å²) in [6.45, 7) is 2.81. The summed E-state index contributed by atoms with van der Waals surface area (Å²) in [4.78, 5) is 25.3. The Labute approximate surface area is 293 Å². The highest BCUT2D eigenvalue weighted by Crippen LogP contribution is 2.34. The van der Waals surface area contributed by atoms with E-state index in [0.29, 0.717) is 58.1 Å². The van der Waals surface area contributed by atoms with Crippen molar-refractivity contribution in [1.29, 1.82) is 0 Å². The molecule has 49 heavy (non-hydrogen) atoms. The zero-order valence-electron chi connectivity index (χ0n) is 27.0. The van der Waals surface area contributed by atoms with Crippen molar-refractivity contribution in [2.24, 2.45) is 0 Å². The SMILES string of the molecule is Cc1cc(N(CCCS(=O)O)c2nc(C(=O)O)c(CCCOc3ccc(C#CCN(C)C)cc3F)s2)nnc1Nc1nc2ccccc2s1. The largest absolute Gasteiger partial charge is 0.491 e. The van der Waals surface area contributed by atoms with Gasteiger partial charge in [-0.3, -0.25) is 4.90 Å². The number of thiazole rings is 2. The highest BCUT2D eigenvalue weighted by atomic mass is 32.2. The number of para-hydroxylation sites is 1. The van der Waals surface area contributed by atoms with E-state index in [-0.39, 0.29) is 30.3 Å². The van der Waals surface area contributed by atoms with Gasteiger partial charge < -0.3 is 24.6 Å². The molecule has 1 unspecified atom stereocenters. The molecule has 16 heteroatoms. The molecule has 0 aliphatic carbocycles. The van der Waals surface area contributed by atoms with Gasteiger partial charge in [0.1, 0.15) is 0 Å². The second kappa shape index (κ2) is 16.7. The molecule has 2 aromatic carbocycles. The van der Waals surface area contributed by atoms with E-state index in [2.05, 4.69) is 37.3 Å². The smallest absolute Gasteiger partial charge is 0.355 e. The average Bonchev–Trinajstić information content (AvgIpc) is 3.67. The molecule has 0 aliphatic rings. The van der Waals surface area contributed by atoms with Crippen molar-refractivity contribution in [3.8, 4) is 17.6 Å². The van der Waals surface area contributed by atoms with Crippen LogP contribution in [-0.4, -0.2) is 84.4 Å². The minimum Gasteiger partial charge on any atom is -0.491 e. The number of carboxylic acid groups (broad SMARTS) is 1. The van der Waals surface area contributed by atoms with Gasteiger partial charge in [-0.1, -0.05) is 35.3 Å². The van der Waals surface area contributed by atoms with Crippen molar-refractivity contribution < 1.29 is 27.8 Å². The number of aromatic nitrogens is 4. The molecule has 0 bridgehead atoms. The highest BCUT2D eigenvalue weighted by Gasteiger charge is 2.23. The number of nitrogens with zero attached hydrogens (tertiary/aromatic N) is 6. The summed E-state index contributed by atoms with van der Waals surface area (Å²) in [6, 6.07) is 14.1. The second-order valence-electron chi connectivity index (χ2n) is 11.1. The fraction of sp³-hybridized carbons (Fsp3) is 0.303. The fourth-order valence-electron chi connectivity index (χ4n) is 4.61. The summed E-state index contributed by atoms with van der Waals surface area (Å²) in [5.74, 6) is 5.18. The van der Waals surface area contributed by atoms with Crippen LogP contribution in [0, 0.1) is 24.6 Å². The number of anilines is 4. The molecule has 0 aliphatic heterocycles. The number of rotatable bonds is 15. The van der Waals surface area contributed by atoms with E-state index < -0.39 is 22.9 Å². The number of hydrogen-bond acceptors (Lipinski definition) is 12. The van der Waals surface area contributed by atoms with Crippen molar-refractivity contribution in [2.45, 2.75) is 26.2 Å². The van der Waals surface area contributed by atoms with Gasteiger partial charge >= 0.3 is 5.97 Å². The van der Waals surface area contributed by atoms with Gasteiger partial charge in [-0.2, -0.15) is 0 Å². The number of nitrogens with one attached hydrogen (secondary N) is 1. The first kappa shape index (κ1) is 35.8. The van der Waals surface area contributed by atoms with Crippen LogP contribution < -0.4 is 15.0 Å². The van der Waals surface area contributed by atoms with Gasteiger partial charge in [0.2, 0.25) is 0 Å². The van der Waals surface area contributed by atoms with Crippen LogP contribution in [0.1, 0.15) is 39.3 Å². The predicted octanol–water partition coefficient (Wildman–Crippen LogP) is 6.11. The van der Waals surface area contributed by atoms with Crippen LogP contribution in [0.3, 0.4) is 0 Å². The van der Waals surface area contributed by atoms with Crippen molar-refractivity contribution in [3.05, 3.63) is 76.0 Å². The fourth-order valence-corrected chi connectivity index (χ4v) is 6.98. The highest BCUT2D eigenvalue weighted by molar-refractivity contribution is 7.79. The van der Waals surface area contributed by atoms with E-state index in [1.165, 1.54) is 34.8 Å². The molecule has 12 nitrogen and oxygen atoms in total. The lowest BCUT2D eigenvalue weighted by Crippen LogP contribution is -2.22. The minimum absolute atomic E-state index is 0.0156. The van der Waals surface area contributed by atoms with E-state index in [4.69, 9.17) is 4.74 Å². The van der Waals surface area contributed by atoms with Gasteiger partial charge in [0.05, 0.1) is 29.1 Å². The van der Waals surface area contributed by atoms with E-state index in [0.717, 1.165) is 15.8 Å². The quantitative estimate of drug-likeness (QED) is 0.0649. The first-order valence-corrected chi connectivity index (χ1v) is 18.1. The Morgan fingerprint density at radius 1 is 1.10 bits per heavy atom. The number of halogens is 1. The Kier molecular flexibility index (Phi) is 12.2. The van der Waals surface area contributed by atoms with Crippen LogP contribution >= 0.6 is 22.7 Å². The molecule has 3 heterocycles. The summed E-state index contributed by atoms with van der Waals surface area (Å²) in [7, 11) is 3.80. The van der Waals surface area contributed by atoms with Crippen LogP contribution in [0.15, 0.2) is 48.5 Å². The molecule has 0 radical (unpaired) electrons. The monoisotopic (exact) mass is 723 g/mol. The molecule has 0 amide bonds. The van der Waals surface area contributed by atoms with Crippen LogP contribution in [0.5, 0.6) is 5.75 Å². The summed E-state index contributed by atoms with van der Waals surface area (Å²) >= 11 is 0.665. The zero-order valence-corrected chi connectivity index (χ0v) is 29.4. The lowest BCUT2D eigenvalue weighted by atomic mass is 10.2. The van der Waals surface area contributed by atoms with Gasteiger partial charge in [0.15, 0.2) is 50.2 Å². The van der Waals surface area contributed by atoms with Gasteiger partial charge in [-0.15, -0.1) is 21.5 Å². The summed E-state index contributed by atoms with van der Waals surface area (Å²) in [5.41, 5.74) is 2.06. The molecule has 5 aromatic rings. The van der Waals surface area contributed by atoms with Crippen LogP contribution in [-0.2, 0) is 17.5 Å². The first-order valence-electron chi connectivity index (χ1n) is 15.2. The summed E-state index contributed by atoms with van der Waals surface area (Å²) in [6.07, 6.45) is 1.03. The zero-order chi connectivity index (χ0) is 34.9. The summed E-state index contributed by atoms with van der Waals surface area (Å²) < 4.78 is 42.1. The van der Waals surface area contributed by atoms with Gasteiger partial charge in [0, 0.05) is 17.0 Å². The average molecular weight is 724 g/mol. The van der Waals surface area contributed by atoms with Crippen LogP contribution in [0.4, 0.5) is 26.3 Å². The Bertz CT molecular complexity index is 1990. The molecular weight excluding hydrogens is 690 g/mol. The van der Waals surface area contributed by atoms with E-state index in [9.17, 15) is 23.1 Å². The first-order chi connectivity index (χ1) is 23.6. The Morgan fingerprint density at radius 3 is 2.63 bits per heavy atom. The third-order valence-electron chi connectivity index (χ3n) is 6.95. The molecule has 0 saturated heterocycles. The Morgan fingerprint density at radius 2 is 1.92 bits per heavy atom. The molecule has 0 fully saturated rings. The number of aryl methyl sites for hydroxylation is 2. The number of carbonyl (C=O) groups is 1. The molecule has 256 valence electrons. The number of hydrogen-bond donors (Lipinski definition) is 3. The number of benzene rings is 2. The topological polar surface area (TPSA) is 154 Å². The van der Waals surface area contributed by atoms with E-state index >= 15 is 0 Å². The van der Waals surface area contributed by atoms with Crippen molar-refractivity contribution in [1.82, 2.24) is 25.1 Å². The van der Waals surface area contributed by atoms with Gasteiger partial charge in [0.25, 0.3) is 0 Å². The maximum Gasteiger partial charge on any atom is 0.355 e. The second-order valence-corrected chi connectivity index (χ2v) is 14.2. The minimum atomic E-state index is -2.01. The van der Waals surface area contributed by atoms with Gasteiger partial charge in [-0.25, -0.2) is 23.4 Å². The van der Waals surface area contributed by atoms with E-state index in [1.807, 2.05) is 50.2 Å². The van der Waals surface area contributed by atoms with Crippen molar-refractivity contribution in [2.75, 3.05) is 49.8 Å². The molecule has 1 atom stereocenters. The van der Waals surface area contributed by atoms with Crippen molar-refractivity contribution >= 4 is 71.8 Å². The molecular formula is C33H34FN7O5S3. The normalized spacial score (nSPS) is 11.7. The standard InChI is InChI=1S/C33H34FN7O5S3/c1-21-19-28(38-39-30(21)37-32-35-24-10-4-5-11-26(24)47-32)41(16-8-18-49(44)45)33-36-29(31(42)43)27(48-33)12-7-17-46-25-14-13-22(20-23(25)34)9-6-15-40(2)3/h4-5,10-11,13-14,19-20H,7-8,12,15-18H2,1-3H3,(H,42,43)(H,44,45)(H,35,37,39). The number of fused-ring (bicyclic) bond motifs is 1. The molecule has 0 saturated carbocycles. The number of ether oxygens (including phenoxy) is 1. The Hall–Kier alpha value is -4.53. The lowest BCUT2D eigenvalue weighted by Gasteiger charge is -2.21. The lowest BCUT2D eigenvalue weighted by molar-refractivity contribution is 0.0690. The van der Waals surface area contributed by atoms with Gasteiger partial charge in [-0.05, 0) is 82.2 Å². The maximum atomic E-state index is 14.6. The number of carboxylic acids is 1.